The zero-order chi connectivity index (χ0) is 20.1. The van der Waals surface area contributed by atoms with Crippen molar-refractivity contribution in [3.05, 3.63) is 51.2 Å². The van der Waals surface area contributed by atoms with Crippen LogP contribution in [0.3, 0.4) is 0 Å². The molecule has 5 nitrogen and oxygen atoms in total. The molecule has 0 aliphatic carbocycles. The second-order valence-corrected chi connectivity index (χ2v) is 9.67. The number of likely N-dealkylation sites (N-methyl/N-ethyl adjacent to an activating group) is 1. The predicted octanol–water partition coefficient (Wildman–Crippen LogP) is 0.410. The van der Waals surface area contributed by atoms with Crippen LogP contribution in [0.5, 0.6) is 0 Å². The fraction of sp³-hybridized carbons (Fsp3) is 0.476. The molecule has 2 aromatic rings. The zero-order valence-corrected chi connectivity index (χ0v) is 18.6. The van der Waals surface area contributed by atoms with Gasteiger partial charge >= 0.3 is 0 Å². The molecule has 7 heteroatoms. The summed E-state index contributed by atoms with van der Waals surface area (Å²) in [4.78, 5) is 20.9. The molecule has 1 amide bonds. The molecule has 1 fully saturated rings. The van der Waals surface area contributed by atoms with Crippen molar-refractivity contribution in [3.8, 4) is 0 Å². The van der Waals surface area contributed by atoms with Gasteiger partial charge in [-0.1, -0.05) is 23.7 Å². The minimum Gasteiger partial charge on any atom is -0.378 e. The summed E-state index contributed by atoms with van der Waals surface area (Å²) in [7, 11) is 5.97. The predicted molar refractivity (Wildman–Crippen MR) is 117 cm³/mol. The lowest BCUT2D eigenvalue weighted by Gasteiger charge is -2.30. The van der Waals surface area contributed by atoms with E-state index in [1.807, 2.05) is 32.1 Å². The number of thiophene rings is 1. The smallest absolute Gasteiger partial charge is 0.277 e. The highest BCUT2D eigenvalue weighted by Crippen LogP contribution is 2.20. The molecule has 28 heavy (non-hydrogen) atoms. The number of hydrogen-bond donors (Lipinski definition) is 2. The topological polar surface area (TPSA) is 32.4 Å². The molecule has 3 rings (SSSR count). The number of rotatable bonds is 7. The van der Waals surface area contributed by atoms with Crippen molar-refractivity contribution in [1.29, 1.82) is 0 Å². The maximum absolute atomic E-state index is 12.6. The summed E-state index contributed by atoms with van der Waals surface area (Å²) in [5, 5.41) is 0. The standard InChI is InChI=1S/C21H29ClN4OS/c1-23(2)18-6-4-17(5-7-18)14-24(3)21(27)16-26-12-10-25(11-13-26)15-19-8-9-20(22)28-19/h4-9H,10-16H2,1-3H3/p+2. The van der Waals surface area contributed by atoms with Crippen molar-refractivity contribution < 1.29 is 14.6 Å². The molecule has 0 bridgehead atoms. The van der Waals surface area contributed by atoms with Crippen molar-refractivity contribution in [2.24, 2.45) is 0 Å². The number of nitrogens with zero attached hydrogens (tertiary/aromatic N) is 2. The fourth-order valence-corrected chi connectivity index (χ4v) is 4.77. The first-order chi connectivity index (χ1) is 13.4. The maximum Gasteiger partial charge on any atom is 0.277 e. The molecule has 1 aromatic carbocycles. The fourth-order valence-electron chi connectivity index (χ4n) is 3.61. The van der Waals surface area contributed by atoms with Crippen LogP contribution in [-0.2, 0) is 17.9 Å². The monoisotopic (exact) mass is 422 g/mol. The molecule has 1 aliphatic rings. The van der Waals surface area contributed by atoms with Gasteiger partial charge in [-0.05, 0) is 29.8 Å². The second-order valence-electron chi connectivity index (χ2n) is 7.87. The van der Waals surface area contributed by atoms with Gasteiger partial charge in [0, 0.05) is 33.4 Å². The first-order valence-corrected chi connectivity index (χ1v) is 11.0. The summed E-state index contributed by atoms with van der Waals surface area (Å²) in [5.41, 5.74) is 2.34. The van der Waals surface area contributed by atoms with Gasteiger partial charge in [0.25, 0.3) is 5.91 Å². The van der Waals surface area contributed by atoms with Crippen molar-refractivity contribution in [2.75, 3.05) is 58.8 Å². The largest absolute Gasteiger partial charge is 0.378 e. The minimum atomic E-state index is 0.222. The highest BCUT2D eigenvalue weighted by atomic mass is 35.5. The molecular weight excluding hydrogens is 392 g/mol. The Morgan fingerprint density at radius 1 is 1.00 bits per heavy atom. The lowest BCUT2D eigenvalue weighted by atomic mass is 10.2. The number of carbonyl (C=O) groups is 1. The van der Waals surface area contributed by atoms with Gasteiger partial charge < -0.3 is 19.6 Å². The quantitative estimate of drug-likeness (QED) is 0.677. The van der Waals surface area contributed by atoms with Gasteiger partial charge in [-0.15, -0.1) is 11.3 Å². The van der Waals surface area contributed by atoms with Crippen molar-refractivity contribution >= 4 is 34.5 Å². The van der Waals surface area contributed by atoms with Crippen LogP contribution in [0.4, 0.5) is 5.69 Å². The molecule has 2 N–H and O–H groups in total. The molecule has 0 saturated carbocycles. The number of hydrogen-bond acceptors (Lipinski definition) is 3. The summed E-state index contributed by atoms with van der Waals surface area (Å²) in [6.07, 6.45) is 0. The number of quaternary nitrogens is 2. The number of nitrogens with one attached hydrogen (secondary N) is 2. The molecule has 152 valence electrons. The van der Waals surface area contributed by atoms with Gasteiger partial charge in [0.05, 0.1) is 9.21 Å². The Labute approximate surface area is 177 Å². The molecule has 1 aromatic heterocycles. The van der Waals surface area contributed by atoms with E-state index in [0.717, 1.165) is 37.1 Å². The lowest BCUT2D eigenvalue weighted by molar-refractivity contribution is -1.02. The zero-order valence-electron chi connectivity index (χ0n) is 17.0. The van der Waals surface area contributed by atoms with Crippen molar-refractivity contribution in [1.82, 2.24) is 4.90 Å². The summed E-state index contributed by atoms with van der Waals surface area (Å²) < 4.78 is 0.864. The minimum absolute atomic E-state index is 0.222. The number of piperazine rings is 1. The van der Waals surface area contributed by atoms with Crippen LogP contribution in [0.1, 0.15) is 10.4 Å². The van der Waals surface area contributed by atoms with E-state index in [1.54, 1.807) is 16.2 Å². The number of carbonyl (C=O) groups excluding carboxylic acids is 1. The van der Waals surface area contributed by atoms with E-state index in [2.05, 4.69) is 35.2 Å². The summed E-state index contributed by atoms with van der Waals surface area (Å²) >= 11 is 7.70. The first-order valence-electron chi connectivity index (χ1n) is 9.82. The van der Waals surface area contributed by atoms with Gasteiger partial charge in [0.15, 0.2) is 6.54 Å². The molecule has 0 spiro atoms. The van der Waals surface area contributed by atoms with E-state index in [4.69, 9.17) is 11.6 Å². The second kappa shape index (κ2) is 9.74. The number of benzene rings is 1. The van der Waals surface area contributed by atoms with Crippen LogP contribution in [0, 0.1) is 0 Å². The first kappa shape index (κ1) is 21.1. The molecule has 0 radical (unpaired) electrons. The van der Waals surface area contributed by atoms with Crippen LogP contribution < -0.4 is 14.7 Å². The summed E-state index contributed by atoms with van der Waals surface area (Å²) in [6.45, 7) is 6.60. The third-order valence-electron chi connectivity index (χ3n) is 5.42. The summed E-state index contributed by atoms with van der Waals surface area (Å²) in [5.74, 6) is 0.222. The van der Waals surface area contributed by atoms with Gasteiger partial charge in [-0.25, -0.2) is 0 Å². The Kier molecular flexibility index (Phi) is 7.35. The highest BCUT2D eigenvalue weighted by Gasteiger charge is 2.26. The average molecular weight is 423 g/mol. The molecule has 0 atom stereocenters. The van der Waals surface area contributed by atoms with E-state index < -0.39 is 0 Å². The van der Waals surface area contributed by atoms with E-state index >= 15 is 0 Å². The number of amides is 1. The van der Waals surface area contributed by atoms with Crippen LogP contribution in [0.2, 0.25) is 4.34 Å². The maximum atomic E-state index is 12.6. The summed E-state index contributed by atoms with van der Waals surface area (Å²) in [6, 6.07) is 12.5. The Morgan fingerprint density at radius 3 is 2.21 bits per heavy atom. The molecular formula is C21H31ClN4OS+2. The van der Waals surface area contributed by atoms with Crippen LogP contribution >= 0.6 is 22.9 Å². The van der Waals surface area contributed by atoms with E-state index in [-0.39, 0.29) is 5.91 Å². The third-order valence-corrected chi connectivity index (χ3v) is 6.65. The molecule has 1 saturated heterocycles. The number of anilines is 1. The van der Waals surface area contributed by atoms with Crippen LogP contribution in [0.15, 0.2) is 36.4 Å². The lowest BCUT2D eigenvalue weighted by Crippen LogP contribution is -3.28. The van der Waals surface area contributed by atoms with Gasteiger partial charge in [-0.2, -0.15) is 0 Å². The Balaban J connectivity index is 1.42. The van der Waals surface area contributed by atoms with Crippen LogP contribution in [0.25, 0.3) is 0 Å². The Morgan fingerprint density at radius 2 is 1.64 bits per heavy atom. The van der Waals surface area contributed by atoms with Crippen molar-refractivity contribution in [3.63, 3.8) is 0 Å². The Hall–Kier alpha value is -1.60. The average Bonchev–Trinajstić information content (AvgIpc) is 3.08. The molecule has 2 heterocycles. The third kappa shape index (κ3) is 5.95. The van der Waals surface area contributed by atoms with Gasteiger partial charge in [0.2, 0.25) is 0 Å². The highest BCUT2D eigenvalue weighted by molar-refractivity contribution is 7.16. The van der Waals surface area contributed by atoms with E-state index in [9.17, 15) is 4.79 Å². The molecule has 1 aliphatic heterocycles. The molecule has 0 unspecified atom stereocenters. The van der Waals surface area contributed by atoms with Crippen molar-refractivity contribution in [2.45, 2.75) is 13.1 Å². The van der Waals surface area contributed by atoms with E-state index in [1.165, 1.54) is 21.0 Å². The normalized spacial score (nSPS) is 19.4. The SMILES string of the molecule is CN(Cc1ccc(N(C)C)cc1)C(=O)C[NH+]1CC[NH+](Cc2ccc(Cl)s2)CC1. The van der Waals surface area contributed by atoms with Gasteiger partial charge in [0.1, 0.15) is 32.7 Å². The van der Waals surface area contributed by atoms with Crippen LogP contribution in [-0.4, -0.2) is 64.7 Å². The number of halogens is 1. The Bertz CT molecular complexity index is 769. The van der Waals surface area contributed by atoms with E-state index in [0.29, 0.717) is 13.1 Å². The van der Waals surface area contributed by atoms with Gasteiger partial charge in [-0.3, -0.25) is 4.79 Å².